The summed E-state index contributed by atoms with van der Waals surface area (Å²) in [5.41, 5.74) is 0.318. The van der Waals surface area contributed by atoms with Gasteiger partial charge >= 0.3 is 12.4 Å². The fourth-order valence-corrected chi connectivity index (χ4v) is 0.966. The van der Waals surface area contributed by atoms with Crippen LogP contribution < -0.4 is 4.74 Å². The average molecular weight is 258 g/mol. The maximum Gasteiger partial charge on any atom is 0.434 e. The Morgan fingerprint density at radius 3 is 2.12 bits per heavy atom. The van der Waals surface area contributed by atoms with E-state index in [1.807, 2.05) is 0 Å². The van der Waals surface area contributed by atoms with Crippen LogP contribution in [0.4, 0.5) is 26.3 Å². The minimum absolute atomic E-state index is 0.318. The van der Waals surface area contributed by atoms with Crippen LogP contribution in [-0.2, 0) is 0 Å². The first-order valence-corrected chi connectivity index (χ1v) is 4.25. The van der Waals surface area contributed by atoms with Crippen LogP contribution in [0.3, 0.4) is 0 Å². The number of nitrogens with zero attached hydrogens (tertiary/aromatic N) is 1. The smallest absolute Gasteiger partial charge is 0.434 e. The molecule has 0 aliphatic carbocycles. The Morgan fingerprint density at radius 2 is 1.71 bits per heavy atom. The van der Waals surface area contributed by atoms with Gasteiger partial charge in [0.25, 0.3) is 6.10 Å². The molecule has 1 heterocycles. The number of hydrogen-bond donors (Lipinski definition) is 0. The van der Waals surface area contributed by atoms with Crippen LogP contribution in [0.1, 0.15) is 5.56 Å². The van der Waals surface area contributed by atoms with E-state index in [0.29, 0.717) is 5.56 Å². The monoisotopic (exact) mass is 258 g/mol. The number of hydrogen-bond acceptors (Lipinski definition) is 2. The van der Waals surface area contributed by atoms with Crippen LogP contribution in [0, 0.1) is 13.0 Å². The predicted molar refractivity (Wildman–Crippen MR) is 44.3 cm³/mol. The molecular formula is C9H6F6NO. The van der Waals surface area contributed by atoms with Gasteiger partial charge in [0.15, 0.2) is 0 Å². The van der Waals surface area contributed by atoms with Crippen LogP contribution in [0.2, 0.25) is 0 Å². The summed E-state index contributed by atoms with van der Waals surface area (Å²) in [5.74, 6) is -0.749. The number of alkyl halides is 6. The maximum absolute atomic E-state index is 12.1. The summed E-state index contributed by atoms with van der Waals surface area (Å²) in [6.07, 6.45) is -14.0. The summed E-state index contributed by atoms with van der Waals surface area (Å²) in [5, 5.41) is 0. The normalized spacial score (nSPS) is 12.9. The lowest BCUT2D eigenvalue weighted by Crippen LogP contribution is -2.46. The molecule has 0 aliphatic rings. The van der Waals surface area contributed by atoms with Crippen molar-refractivity contribution in [2.75, 3.05) is 0 Å². The van der Waals surface area contributed by atoms with Crippen molar-refractivity contribution in [3.05, 3.63) is 23.9 Å². The van der Waals surface area contributed by atoms with Crippen molar-refractivity contribution in [1.29, 1.82) is 0 Å². The molecule has 0 bridgehead atoms. The van der Waals surface area contributed by atoms with Crippen molar-refractivity contribution in [3.63, 3.8) is 0 Å². The summed E-state index contributed by atoms with van der Waals surface area (Å²) in [6, 6.07) is 3.40. The second-order valence-electron chi connectivity index (χ2n) is 3.15. The second kappa shape index (κ2) is 4.42. The van der Waals surface area contributed by atoms with Gasteiger partial charge in [0.2, 0.25) is 5.88 Å². The molecule has 0 amide bonds. The van der Waals surface area contributed by atoms with Gasteiger partial charge in [0, 0.05) is 18.3 Å². The van der Waals surface area contributed by atoms with Crippen LogP contribution in [0.5, 0.6) is 5.88 Å². The molecule has 0 unspecified atom stereocenters. The molecule has 0 N–H and O–H groups in total. The number of aryl methyl sites for hydroxylation is 1. The largest absolute Gasteiger partial charge is 0.455 e. The SMILES string of the molecule is Cc1[c]cnc(OC(C(F)(F)F)C(F)(F)F)c1. The lowest BCUT2D eigenvalue weighted by molar-refractivity contribution is -0.300. The van der Waals surface area contributed by atoms with Crippen molar-refractivity contribution in [1.82, 2.24) is 4.98 Å². The van der Waals surface area contributed by atoms with Crippen molar-refractivity contribution in [3.8, 4) is 5.88 Å². The van der Waals surface area contributed by atoms with Gasteiger partial charge in [-0.15, -0.1) is 0 Å². The van der Waals surface area contributed by atoms with Crippen molar-refractivity contribution in [2.45, 2.75) is 25.4 Å². The highest BCUT2D eigenvalue weighted by atomic mass is 19.4. The number of rotatable bonds is 2. The average Bonchev–Trinajstić information content (AvgIpc) is 2.10. The Hall–Kier alpha value is -1.47. The van der Waals surface area contributed by atoms with E-state index in [1.165, 1.54) is 6.92 Å². The molecule has 1 radical (unpaired) electrons. The zero-order valence-corrected chi connectivity index (χ0v) is 8.36. The molecule has 0 fully saturated rings. The summed E-state index contributed by atoms with van der Waals surface area (Å²) in [6.45, 7) is 1.44. The highest BCUT2D eigenvalue weighted by Crippen LogP contribution is 2.35. The minimum Gasteiger partial charge on any atom is -0.455 e. The minimum atomic E-state index is -5.55. The van der Waals surface area contributed by atoms with E-state index in [0.717, 1.165) is 12.3 Å². The third-order valence-electron chi connectivity index (χ3n) is 1.66. The Morgan fingerprint density at radius 1 is 1.18 bits per heavy atom. The molecule has 1 aromatic heterocycles. The molecule has 0 saturated carbocycles. The zero-order chi connectivity index (χ0) is 13.3. The van der Waals surface area contributed by atoms with Crippen LogP contribution >= 0.6 is 0 Å². The van der Waals surface area contributed by atoms with Gasteiger partial charge in [-0.1, -0.05) is 0 Å². The molecule has 1 aromatic rings. The Balaban J connectivity index is 2.96. The molecule has 0 spiro atoms. The Labute approximate surface area is 92.2 Å². The third kappa shape index (κ3) is 3.79. The highest BCUT2D eigenvalue weighted by molar-refractivity contribution is 5.18. The van der Waals surface area contributed by atoms with Crippen LogP contribution in [0.25, 0.3) is 0 Å². The van der Waals surface area contributed by atoms with E-state index in [9.17, 15) is 26.3 Å². The van der Waals surface area contributed by atoms with E-state index in [4.69, 9.17) is 0 Å². The van der Waals surface area contributed by atoms with Gasteiger partial charge in [-0.3, -0.25) is 0 Å². The van der Waals surface area contributed by atoms with E-state index in [-0.39, 0.29) is 0 Å². The first kappa shape index (κ1) is 13.6. The van der Waals surface area contributed by atoms with Gasteiger partial charge in [-0.2, -0.15) is 26.3 Å². The highest BCUT2D eigenvalue weighted by Gasteiger charge is 2.59. The van der Waals surface area contributed by atoms with E-state index < -0.39 is 24.3 Å². The number of pyridine rings is 1. The molecule has 0 aliphatic heterocycles. The van der Waals surface area contributed by atoms with Crippen LogP contribution in [0.15, 0.2) is 12.3 Å². The summed E-state index contributed by atoms with van der Waals surface area (Å²) < 4.78 is 76.6. The summed E-state index contributed by atoms with van der Waals surface area (Å²) in [7, 11) is 0. The van der Waals surface area contributed by atoms with E-state index >= 15 is 0 Å². The van der Waals surface area contributed by atoms with Gasteiger partial charge in [-0.05, 0) is 12.5 Å². The first-order chi connectivity index (χ1) is 7.60. The number of halogens is 6. The predicted octanol–water partition coefficient (Wildman–Crippen LogP) is 3.06. The van der Waals surface area contributed by atoms with Gasteiger partial charge in [0.05, 0.1) is 0 Å². The molecule has 2 nitrogen and oxygen atoms in total. The number of aromatic nitrogens is 1. The Bertz CT molecular complexity index is 372. The van der Waals surface area contributed by atoms with E-state index in [2.05, 4.69) is 15.8 Å². The van der Waals surface area contributed by atoms with Gasteiger partial charge < -0.3 is 4.74 Å². The molecular weight excluding hydrogens is 252 g/mol. The molecule has 95 valence electrons. The molecule has 0 atom stereocenters. The van der Waals surface area contributed by atoms with Gasteiger partial charge in [0.1, 0.15) is 0 Å². The quantitative estimate of drug-likeness (QED) is 0.760. The number of ether oxygens (including phenoxy) is 1. The molecule has 0 saturated heterocycles. The fraction of sp³-hybridized carbons (Fsp3) is 0.444. The van der Waals surface area contributed by atoms with Gasteiger partial charge in [-0.25, -0.2) is 4.98 Å². The first-order valence-electron chi connectivity index (χ1n) is 4.25. The lowest BCUT2D eigenvalue weighted by atomic mass is 10.3. The molecule has 0 aromatic carbocycles. The van der Waals surface area contributed by atoms with Crippen molar-refractivity contribution in [2.24, 2.45) is 0 Å². The summed E-state index contributed by atoms with van der Waals surface area (Å²) >= 11 is 0. The van der Waals surface area contributed by atoms with Crippen LogP contribution in [-0.4, -0.2) is 23.4 Å². The van der Waals surface area contributed by atoms with Crippen molar-refractivity contribution >= 4 is 0 Å². The molecule has 8 heteroatoms. The summed E-state index contributed by atoms with van der Waals surface area (Å²) in [4.78, 5) is 3.23. The topological polar surface area (TPSA) is 22.1 Å². The maximum atomic E-state index is 12.1. The fourth-order valence-electron chi connectivity index (χ4n) is 0.966. The zero-order valence-electron chi connectivity index (χ0n) is 8.36. The Kier molecular flexibility index (Phi) is 3.53. The molecule has 1 rings (SSSR count). The lowest BCUT2D eigenvalue weighted by Gasteiger charge is -2.23. The van der Waals surface area contributed by atoms with Crippen molar-refractivity contribution < 1.29 is 31.1 Å². The standard InChI is InChI=1S/C9H6F6NO/c1-5-2-3-16-6(4-5)17-7(8(10,11)12)9(13,14)15/h3-4,7H,1H3. The molecule has 17 heavy (non-hydrogen) atoms. The second-order valence-corrected chi connectivity index (χ2v) is 3.15. The third-order valence-corrected chi connectivity index (χ3v) is 1.66. The van der Waals surface area contributed by atoms with E-state index in [1.54, 1.807) is 0 Å².